The van der Waals surface area contributed by atoms with Gasteiger partial charge in [-0.2, -0.15) is 0 Å². The number of rotatable bonds is 7. The van der Waals surface area contributed by atoms with Crippen LogP contribution >= 0.6 is 0 Å². The fourth-order valence-electron chi connectivity index (χ4n) is 1.60. The van der Waals surface area contributed by atoms with Crippen LogP contribution in [0.25, 0.3) is 0 Å². The van der Waals surface area contributed by atoms with E-state index in [-0.39, 0.29) is 6.61 Å². The average Bonchev–Trinajstić information content (AvgIpc) is 2.35. The maximum atomic E-state index is 10.5. The van der Waals surface area contributed by atoms with Crippen molar-refractivity contribution in [3.63, 3.8) is 0 Å². The summed E-state index contributed by atoms with van der Waals surface area (Å²) < 4.78 is 0. The number of nitrogens with zero attached hydrogens (tertiary/aromatic N) is 1. The van der Waals surface area contributed by atoms with Gasteiger partial charge in [-0.3, -0.25) is 4.79 Å². The van der Waals surface area contributed by atoms with Crippen molar-refractivity contribution < 1.29 is 9.90 Å². The largest absolute Gasteiger partial charge is 0.395 e. The first kappa shape index (κ1) is 12.7. The molecular weight excluding hydrogens is 202 g/mol. The second kappa shape index (κ2) is 7.01. The van der Waals surface area contributed by atoms with Gasteiger partial charge in [0.25, 0.3) is 0 Å². The molecule has 0 fully saturated rings. The molecule has 0 radical (unpaired) electrons. The smallest absolute Gasteiger partial charge is 0.150 e. The molecule has 1 aromatic carbocycles. The van der Waals surface area contributed by atoms with E-state index in [0.717, 1.165) is 31.4 Å². The standard InChI is InChI=1S/C13H19NO2/c1-2-3-8-14(9-10-15)13-6-4-12(11-16)5-7-13/h4-7,11,15H,2-3,8-10H2,1H3. The van der Waals surface area contributed by atoms with Gasteiger partial charge in [0.2, 0.25) is 0 Å². The van der Waals surface area contributed by atoms with Gasteiger partial charge in [-0.25, -0.2) is 0 Å². The Labute approximate surface area is 96.7 Å². The van der Waals surface area contributed by atoms with Crippen LogP contribution < -0.4 is 4.90 Å². The Hall–Kier alpha value is -1.35. The van der Waals surface area contributed by atoms with E-state index in [1.54, 1.807) is 12.1 Å². The minimum atomic E-state index is 0.152. The lowest BCUT2D eigenvalue weighted by molar-refractivity contribution is 0.112. The summed E-state index contributed by atoms with van der Waals surface area (Å²) in [4.78, 5) is 12.7. The lowest BCUT2D eigenvalue weighted by atomic mass is 10.2. The summed E-state index contributed by atoms with van der Waals surface area (Å²) in [5.41, 5.74) is 1.75. The Morgan fingerprint density at radius 2 is 1.94 bits per heavy atom. The van der Waals surface area contributed by atoms with Gasteiger partial charge in [-0.05, 0) is 30.7 Å². The molecule has 3 nitrogen and oxygen atoms in total. The molecule has 0 aromatic heterocycles. The van der Waals surface area contributed by atoms with Gasteiger partial charge in [0.1, 0.15) is 6.29 Å². The van der Waals surface area contributed by atoms with Gasteiger partial charge in [0.05, 0.1) is 6.61 Å². The lowest BCUT2D eigenvalue weighted by Gasteiger charge is -2.23. The minimum absolute atomic E-state index is 0.152. The van der Waals surface area contributed by atoms with Crippen molar-refractivity contribution in [2.24, 2.45) is 0 Å². The molecule has 1 rings (SSSR count). The summed E-state index contributed by atoms with van der Waals surface area (Å²) >= 11 is 0. The monoisotopic (exact) mass is 221 g/mol. The van der Waals surface area contributed by atoms with E-state index in [1.165, 1.54) is 0 Å². The second-order valence-electron chi connectivity index (χ2n) is 3.77. The molecule has 16 heavy (non-hydrogen) atoms. The van der Waals surface area contributed by atoms with E-state index in [4.69, 9.17) is 5.11 Å². The van der Waals surface area contributed by atoms with E-state index in [2.05, 4.69) is 11.8 Å². The van der Waals surface area contributed by atoms with Crippen molar-refractivity contribution in [1.82, 2.24) is 0 Å². The van der Waals surface area contributed by atoms with Crippen LogP contribution in [0.15, 0.2) is 24.3 Å². The third-order valence-electron chi connectivity index (χ3n) is 2.55. The Morgan fingerprint density at radius 1 is 1.25 bits per heavy atom. The van der Waals surface area contributed by atoms with Crippen molar-refractivity contribution in [3.8, 4) is 0 Å². The first-order valence-corrected chi connectivity index (χ1v) is 5.73. The van der Waals surface area contributed by atoms with Gasteiger partial charge in [0, 0.05) is 24.3 Å². The van der Waals surface area contributed by atoms with Crippen molar-refractivity contribution in [2.45, 2.75) is 19.8 Å². The van der Waals surface area contributed by atoms with Gasteiger partial charge >= 0.3 is 0 Å². The van der Waals surface area contributed by atoms with E-state index >= 15 is 0 Å². The SMILES string of the molecule is CCCCN(CCO)c1ccc(C=O)cc1. The summed E-state index contributed by atoms with van der Waals surface area (Å²) in [5, 5.41) is 9.00. The summed E-state index contributed by atoms with van der Waals surface area (Å²) in [7, 11) is 0. The number of aldehydes is 1. The highest BCUT2D eigenvalue weighted by Gasteiger charge is 2.04. The Kier molecular flexibility index (Phi) is 5.57. The number of carbonyl (C=O) groups excluding carboxylic acids is 1. The van der Waals surface area contributed by atoms with Crippen molar-refractivity contribution >= 4 is 12.0 Å². The highest BCUT2D eigenvalue weighted by Crippen LogP contribution is 2.15. The average molecular weight is 221 g/mol. The van der Waals surface area contributed by atoms with Gasteiger partial charge in [0.15, 0.2) is 0 Å². The first-order chi connectivity index (χ1) is 7.81. The summed E-state index contributed by atoms with van der Waals surface area (Å²) in [6.45, 7) is 3.88. The highest BCUT2D eigenvalue weighted by atomic mass is 16.3. The Bertz CT molecular complexity index is 308. The molecule has 1 aromatic rings. The lowest BCUT2D eigenvalue weighted by Crippen LogP contribution is -2.27. The molecule has 0 atom stereocenters. The second-order valence-corrected chi connectivity index (χ2v) is 3.77. The van der Waals surface area contributed by atoms with Crippen LogP contribution in [0.5, 0.6) is 0 Å². The summed E-state index contributed by atoms with van der Waals surface area (Å²) in [6.07, 6.45) is 3.08. The Morgan fingerprint density at radius 3 is 2.44 bits per heavy atom. The molecule has 0 amide bonds. The molecule has 88 valence electrons. The molecule has 0 spiro atoms. The first-order valence-electron chi connectivity index (χ1n) is 5.73. The normalized spacial score (nSPS) is 10.1. The molecular formula is C13H19NO2. The molecule has 0 aliphatic rings. The molecule has 3 heteroatoms. The number of aliphatic hydroxyl groups excluding tert-OH is 1. The fraction of sp³-hybridized carbons (Fsp3) is 0.462. The molecule has 0 unspecified atom stereocenters. The fourth-order valence-corrected chi connectivity index (χ4v) is 1.60. The van der Waals surface area contributed by atoms with Gasteiger partial charge < -0.3 is 10.0 Å². The topological polar surface area (TPSA) is 40.5 Å². The summed E-state index contributed by atoms with van der Waals surface area (Å²) in [5.74, 6) is 0. The third-order valence-corrected chi connectivity index (χ3v) is 2.55. The van der Waals surface area contributed by atoms with Crippen LogP contribution in [0.1, 0.15) is 30.1 Å². The highest BCUT2D eigenvalue weighted by molar-refractivity contribution is 5.75. The molecule has 0 bridgehead atoms. The number of unbranched alkanes of at least 4 members (excludes halogenated alkanes) is 1. The van der Waals surface area contributed by atoms with Crippen LogP contribution in [0.4, 0.5) is 5.69 Å². The quantitative estimate of drug-likeness (QED) is 0.717. The minimum Gasteiger partial charge on any atom is -0.395 e. The number of hydrogen-bond acceptors (Lipinski definition) is 3. The van der Waals surface area contributed by atoms with E-state index in [0.29, 0.717) is 12.1 Å². The zero-order valence-electron chi connectivity index (χ0n) is 9.72. The maximum absolute atomic E-state index is 10.5. The Balaban J connectivity index is 2.70. The predicted molar refractivity (Wildman–Crippen MR) is 66.0 cm³/mol. The maximum Gasteiger partial charge on any atom is 0.150 e. The molecule has 0 heterocycles. The van der Waals surface area contributed by atoms with Crippen LogP contribution in [-0.4, -0.2) is 31.1 Å². The van der Waals surface area contributed by atoms with E-state index < -0.39 is 0 Å². The molecule has 0 saturated heterocycles. The number of hydrogen-bond donors (Lipinski definition) is 1. The van der Waals surface area contributed by atoms with Gasteiger partial charge in [-0.1, -0.05) is 13.3 Å². The van der Waals surface area contributed by atoms with Crippen molar-refractivity contribution in [2.75, 3.05) is 24.6 Å². The van der Waals surface area contributed by atoms with Crippen LogP contribution in [-0.2, 0) is 0 Å². The number of aliphatic hydroxyl groups is 1. The zero-order valence-corrected chi connectivity index (χ0v) is 9.72. The molecule has 1 N–H and O–H groups in total. The molecule has 0 saturated carbocycles. The third kappa shape index (κ3) is 3.66. The van der Waals surface area contributed by atoms with E-state index in [9.17, 15) is 4.79 Å². The number of anilines is 1. The summed E-state index contributed by atoms with van der Waals surface area (Å²) in [6, 6.07) is 7.46. The van der Waals surface area contributed by atoms with Crippen LogP contribution in [0.2, 0.25) is 0 Å². The predicted octanol–water partition coefficient (Wildman–Crippen LogP) is 2.10. The molecule has 0 aliphatic heterocycles. The molecule has 0 aliphatic carbocycles. The van der Waals surface area contributed by atoms with Crippen LogP contribution in [0, 0.1) is 0 Å². The van der Waals surface area contributed by atoms with E-state index in [1.807, 2.05) is 12.1 Å². The van der Waals surface area contributed by atoms with Crippen LogP contribution in [0.3, 0.4) is 0 Å². The zero-order chi connectivity index (χ0) is 11.8. The van der Waals surface area contributed by atoms with Crippen molar-refractivity contribution in [1.29, 1.82) is 0 Å². The van der Waals surface area contributed by atoms with Crippen molar-refractivity contribution in [3.05, 3.63) is 29.8 Å². The number of carbonyl (C=O) groups is 1. The number of benzene rings is 1. The van der Waals surface area contributed by atoms with Gasteiger partial charge in [-0.15, -0.1) is 0 Å².